The van der Waals surface area contributed by atoms with Gasteiger partial charge in [0.15, 0.2) is 0 Å². The van der Waals surface area contributed by atoms with E-state index in [0.717, 1.165) is 5.39 Å². The second kappa shape index (κ2) is 8.15. The molecule has 4 rings (SSSR count). The summed E-state index contributed by atoms with van der Waals surface area (Å²) in [6.45, 7) is 0.691. The Kier molecular flexibility index (Phi) is 5.26. The molecule has 0 bridgehead atoms. The molecular formula is C21H19N3O5. The fourth-order valence-corrected chi connectivity index (χ4v) is 2.99. The van der Waals surface area contributed by atoms with E-state index in [1.54, 1.807) is 37.4 Å². The molecule has 8 nitrogen and oxygen atoms in total. The van der Waals surface area contributed by atoms with Crippen molar-refractivity contribution in [1.82, 2.24) is 9.55 Å². The Balaban J connectivity index is 1.51. The number of hydrogen-bond donors (Lipinski definition) is 1. The van der Waals surface area contributed by atoms with Crippen LogP contribution in [0.1, 0.15) is 0 Å². The molecule has 0 saturated carbocycles. The van der Waals surface area contributed by atoms with Gasteiger partial charge in [-0.05, 0) is 24.3 Å². The van der Waals surface area contributed by atoms with Crippen molar-refractivity contribution in [3.8, 4) is 5.75 Å². The van der Waals surface area contributed by atoms with Crippen molar-refractivity contribution < 1.29 is 18.7 Å². The molecule has 0 aliphatic rings. The third kappa shape index (κ3) is 3.97. The molecule has 0 unspecified atom stereocenters. The van der Waals surface area contributed by atoms with Crippen LogP contribution in [0.4, 0.5) is 5.69 Å². The molecular weight excluding hydrogens is 374 g/mol. The van der Waals surface area contributed by atoms with E-state index in [1.165, 1.54) is 10.9 Å². The van der Waals surface area contributed by atoms with E-state index in [0.29, 0.717) is 35.8 Å². The van der Waals surface area contributed by atoms with E-state index in [1.807, 2.05) is 18.2 Å². The average molecular weight is 393 g/mol. The zero-order valence-electron chi connectivity index (χ0n) is 15.8. The Hall–Kier alpha value is -3.65. The van der Waals surface area contributed by atoms with Crippen LogP contribution < -0.4 is 15.6 Å². The summed E-state index contributed by atoms with van der Waals surface area (Å²) in [4.78, 5) is 29.4. The Morgan fingerprint density at radius 2 is 2.03 bits per heavy atom. The normalized spacial score (nSPS) is 11.1. The van der Waals surface area contributed by atoms with Crippen LogP contribution in [0.2, 0.25) is 0 Å². The molecule has 0 aliphatic heterocycles. The van der Waals surface area contributed by atoms with E-state index in [-0.39, 0.29) is 18.0 Å². The van der Waals surface area contributed by atoms with Gasteiger partial charge in [0, 0.05) is 24.2 Å². The summed E-state index contributed by atoms with van der Waals surface area (Å²) < 4.78 is 17.3. The van der Waals surface area contributed by atoms with E-state index < -0.39 is 5.56 Å². The van der Waals surface area contributed by atoms with Crippen LogP contribution in [0.3, 0.4) is 0 Å². The molecule has 8 heteroatoms. The number of amides is 1. The van der Waals surface area contributed by atoms with Gasteiger partial charge < -0.3 is 19.2 Å². The molecule has 4 aromatic rings. The predicted molar refractivity (Wildman–Crippen MR) is 108 cm³/mol. The number of ether oxygens (including phenoxy) is 2. The first-order valence-electron chi connectivity index (χ1n) is 9.04. The number of anilines is 1. The standard InChI is InChI=1S/C21H19N3O5/c1-27-9-10-28-15-6-4-5-14(11-15)23-18(25)12-24-13-22-19-16-7-2-3-8-17(16)29-20(19)21(24)26/h2-8,11,13H,9-10,12H2,1H3,(H,23,25). The van der Waals surface area contributed by atoms with E-state index in [4.69, 9.17) is 13.9 Å². The van der Waals surface area contributed by atoms with Crippen LogP contribution in [0.25, 0.3) is 22.1 Å². The van der Waals surface area contributed by atoms with Crippen LogP contribution in [-0.4, -0.2) is 35.8 Å². The van der Waals surface area contributed by atoms with Gasteiger partial charge >= 0.3 is 0 Å². The molecule has 1 amide bonds. The van der Waals surface area contributed by atoms with Gasteiger partial charge in [-0.3, -0.25) is 14.2 Å². The van der Waals surface area contributed by atoms with Gasteiger partial charge in [0.25, 0.3) is 5.56 Å². The number of nitrogens with zero attached hydrogens (tertiary/aromatic N) is 2. The Morgan fingerprint density at radius 1 is 1.17 bits per heavy atom. The van der Waals surface area contributed by atoms with Gasteiger partial charge in [0.05, 0.1) is 12.9 Å². The summed E-state index contributed by atoms with van der Waals surface area (Å²) in [5.41, 5.74) is 1.37. The summed E-state index contributed by atoms with van der Waals surface area (Å²) in [5.74, 6) is 0.251. The van der Waals surface area contributed by atoms with Crippen molar-refractivity contribution in [3.05, 3.63) is 65.2 Å². The molecule has 0 spiro atoms. The minimum atomic E-state index is -0.405. The lowest BCUT2D eigenvalue weighted by Crippen LogP contribution is -2.27. The third-order valence-corrected chi connectivity index (χ3v) is 4.34. The molecule has 0 fully saturated rings. The predicted octanol–water partition coefficient (Wildman–Crippen LogP) is 2.81. The number of rotatable bonds is 7. The third-order valence-electron chi connectivity index (χ3n) is 4.34. The summed E-state index contributed by atoms with van der Waals surface area (Å²) in [7, 11) is 1.60. The quantitative estimate of drug-likeness (QED) is 0.485. The number of methoxy groups -OCH3 is 1. The van der Waals surface area contributed by atoms with Gasteiger partial charge in [0.2, 0.25) is 11.5 Å². The maximum atomic E-state index is 12.7. The Bertz CT molecular complexity index is 1230. The lowest BCUT2D eigenvalue weighted by Gasteiger charge is -2.09. The lowest BCUT2D eigenvalue weighted by molar-refractivity contribution is -0.116. The first-order chi connectivity index (χ1) is 14.2. The topological polar surface area (TPSA) is 95.6 Å². The number of hydrogen-bond acceptors (Lipinski definition) is 6. The second-order valence-corrected chi connectivity index (χ2v) is 6.37. The van der Waals surface area contributed by atoms with Crippen molar-refractivity contribution in [2.75, 3.05) is 25.6 Å². The van der Waals surface area contributed by atoms with Gasteiger partial charge in [-0.2, -0.15) is 0 Å². The zero-order valence-corrected chi connectivity index (χ0v) is 15.8. The summed E-state index contributed by atoms with van der Waals surface area (Å²) >= 11 is 0. The van der Waals surface area contributed by atoms with Crippen molar-refractivity contribution in [2.24, 2.45) is 0 Å². The molecule has 2 aromatic carbocycles. The van der Waals surface area contributed by atoms with E-state index in [9.17, 15) is 9.59 Å². The highest BCUT2D eigenvalue weighted by Gasteiger charge is 2.14. The van der Waals surface area contributed by atoms with Crippen molar-refractivity contribution in [3.63, 3.8) is 0 Å². The molecule has 0 saturated heterocycles. The number of fused-ring (bicyclic) bond motifs is 3. The molecule has 29 heavy (non-hydrogen) atoms. The second-order valence-electron chi connectivity index (χ2n) is 6.37. The van der Waals surface area contributed by atoms with Gasteiger partial charge in [-0.25, -0.2) is 4.98 Å². The van der Waals surface area contributed by atoms with Crippen molar-refractivity contribution >= 4 is 33.7 Å². The highest BCUT2D eigenvalue weighted by Crippen LogP contribution is 2.24. The molecule has 148 valence electrons. The average Bonchev–Trinajstić information content (AvgIpc) is 3.10. The summed E-state index contributed by atoms with van der Waals surface area (Å²) in [5, 5.41) is 3.52. The molecule has 0 atom stereocenters. The lowest BCUT2D eigenvalue weighted by atomic mass is 10.2. The summed E-state index contributed by atoms with van der Waals surface area (Å²) in [6, 6.07) is 14.3. The van der Waals surface area contributed by atoms with Gasteiger partial charge in [-0.15, -0.1) is 0 Å². The minimum Gasteiger partial charge on any atom is -0.491 e. The summed E-state index contributed by atoms with van der Waals surface area (Å²) in [6.07, 6.45) is 1.36. The zero-order chi connectivity index (χ0) is 20.2. The monoisotopic (exact) mass is 393 g/mol. The maximum Gasteiger partial charge on any atom is 0.297 e. The smallest absolute Gasteiger partial charge is 0.297 e. The number of carbonyl (C=O) groups is 1. The Morgan fingerprint density at radius 3 is 2.90 bits per heavy atom. The highest BCUT2D eigenvalue weighted by atomic mass is 16.5. The highest BCUT2D eigenvalue weighted by molar-refractivity contribution is 6.01. The van der Waals surface area contributed by atoms with E-state index in [2.05, 4.69) is 10.3 Å². The van der Waals surface area contributed by atoms with Crippen LogP contribution in [0.15, 0.2) is 64.1 Å². The largest absolute Gasteiger partial charge is 0.491 e. The number of carbonyl (C=O) groups excluding carboxylic acids is 1. The van der Waals surface area contributed by atoms with Crippen molar-refractivity contribution in [2.45, 2.75) is 6.54 Å². The minimum absolute atomic E-state index is 0.134. The van der Waals surface area contributed by atoms with E-state index >= 15 is 0 Å². The maximum absolute atomic E-state index is 12.7. The number of benzene rings is 2. The first kappa shape index (κ1) is 18.7. The SMILES string of the molecule is COCCOc1cccc(NC(=O)Cn2cnc3c(oc4ccccc43)c2=O)c1. The van der Waals surface area contributed by atoms with Gasteiger partial charge in [0.1, 0.15) is 30.0 Å². The van der Waals surface area contributed by atoms with Crippen LogP contribution in [0.5, 0.6) is 5.75 Å². The van der Waals surface area contributed by atoms with Crippen LogP contribution in [0, 0.1) is 0 Å². The fourth-order valence-electron chi connectivity index (χ4n) is 2.99. The number of para-hydroxylation sites is 1. The van der Waals surface area contributed by atoms with Crippen LogP contribution >= 0.6 is 0 Å². The molecule has 1 N–H and O–H groups in total. The first-order valence-corrected chi connectivity index (χ1v) is 9.04. The number of nitrogens with one attached hydrogen (secondary N) is 1. The molecule has 2 heterocycles. The molecule has 2 aromatic heterocycles. The number of aromatic nitrogens is 2. The van der Waals surface area contributed by atoms with Crippen LogP contribution in [-0.2, 0) is 16.1 Å². The number of furan rings is 1. The fraction of sp³-hybridized carbons (Fsp3) is 0.190. The Labute approximate surface area is 165 Å². The van der Waals surface area contributed by atoms with Crippen molar-refractivity contribution in [1.29, 1.82) is 0 Å². The molecule has 0 aliphatic carbocycles. The molecule has 0 radical (unpaired) electrons. The van der Waals surface area contributed by atoms with Gasteiger partial charge in [-0.1, -0.05) is 18.2 Å².